The van der Waals surface area contributed by atoms with E-state index in [4.69, 9.17) is 24.7 Å². The van der Waals surface area contributed by atoms with Crippen molar-refractivity contribution in [1.82, 2.24) is 0 Å². The average molecular weight is 527 g/mol. The summed E-state index contributed by atoms with van der Waals surface area (Å²) in [5.74, 6) is 0.747. The molecule has 0 saturated heterocycles. The number of halogens is 1. The molecule has 4 aromatic rings. The van der Waals surface area contributed by atoms with E-state index >= 15 is 0 Å². The van der Waals surface area contributed by atoms with Crippen LogP contribution in [0.15, 0.2) is 70.5 Å². The minimum absolute atomic E-state index is 0.0127. The molecule has 0 aliphatic rings. The summed E-state index contributed by atoms with van der Waals surface area (Å²) in [4.78, 5) is -0.373. The molecule has 4 rings (SSSR count). The van der Waals surface area contributed by atoms with Crippen molar-refractivity contribution in [2.45, 2.75) is 9.79 Å². The van der Waals surface area contributed by atoms with Crippen LogP contribution in [0.4, 0.5) is 0 Å². The zero-order valence-corrected chi connectivity index (χ0v) is 20.1. The van der Waals surface area contributed by atoms with Gasteiger partial charge in [0.25, 0.3) is 19.2 Å². The molecule has 0 bridgehead atoms. The zero-order chi connectivity index (χ0) is 25.3. The van der Waals surface area contributed by atoms with Crippen molar-refractivity contribution in [2.24, 2.45) is 0 Å². The van der Waals surface area contributed by atoms with Crippen molar-refractivity contribution in [3.8, 4) is 23.0 Å². The molecule has 4 aromatic carbocycles. The van der Waals surface area contributed by atoms with Gasteiger partial charge in [0.1, 0.15) is 23.0 Å². The highest BCUT2D eigenvalue weighted by Crippen LogP contribution is 2.33. The maximum Gasteiger partial charge on any atom is 0.294 e. The van der Waals surface area contributed by atoms with Crippen LogP contribution in [0, 0.1) is 0 Å². The van der Waals surface area contributed by atoms with E-state index < -0.39 is 19.2 Å². The summed E-state index contributed by atoms with van der Waals surface area (Å²) in [6.45, 7) is 0. The largest absolute Gasteiger partial charge is 0.508 e. The summed E-state index contributed by atoms with van der Waals surface area (Å²) in [7, 11) is 0.239. The van der Waals surface area contributed by atoms with Gasteiger partial charge in [-0.3, -0.25) is 4.55 Å². The predicted octanol–water partition coefficient (Wildman–Crippen LogP) is 4.28. The van der Waals surface area contributed by atoms with E-state index in [0.29, 0.717) is 22.3 Å². The molecule has 12 heteroatoms. The first-order chi connectivity index (χ1) is 15.8. The van der Waals surface area contributed by atoms with Crippen LogP contribution in [0.25, 0.3) is 21.5 Å². The van der Waals surface area contributed by atoms with Gasteiger partial charge in [0.2, 0.25) is 0 Å². The smallest absolute Gasteiger partial charge is 0.294 e. The van der Waals surface area contributed by atoms with Crippen LogP contribution in [0.3, 0.4) is 0 Å². The Hall–Kier alpha value is -3.25. The standard InChI is InChI=1S/C12H11ClO4S.C10H8O5S/c1-16-9-4-3-8-5-10(18(13,14)15)7-12(17-2)11(8)6-9;11-7-2-1-6-3-8(16(13,14)15)5-10(12)9(6)4-7/h3-7H,1-2H3;1-5,11-12H,(H,13,14,15). The summed E-state index contributed by atoms with van der Waals surface area (Å²) >= 11 is 0. The highest BCUT2D eigenvalue weighted by molar-refractivity contribution is 8.13. The Bertz CT molecular complexity index is 1600. The van der Waals surface area contributed by atoms with E-state index in [0.717, 1.165) is 16.8 Å². The molecule has 0 radical (unpaired) electrons. The molecule has 0 heterocycles. The van der Waals surface area contributed by atoms with Gasteiger partial charge in [-0.15, -0.1) is 0 Å². The van der Waals surface area contributed by atoms with E-state index in [9.17, 15) is 27.0 Å². The van der Waals surface area contributed by atoms with Gasteiger partial charge in [-0.25, -0.2) is 8.42 Å². The Labute approximate surface area is 199 Å². The highest BCUT2D eigenvalue weighted by Gasteiger charge is 2.15. The number of phenols is 2. The quantitative estimate of drug-likeness (QED) is 0.261. The number of rotatable bonds is 4. The second-order valence-corrected chi connectivity index (χ2v) is 11.0. The summed E-state index contributed by atoms with van der Waals surface area (Å²) in [6.07, 6.45) is 0. The fraction of sp³-hybridized carbons (Fsp3) is 0.0909. The van der Waals surface area contributed by atoms with Crippen molar-refractivity contribution in [1.29, 1.82) is 0 Å². The van der Waals surface area contributed by atoms with Crippen LogP contribution in [0.5, 0.6) is 23.0 Å². The number of ether oxygens (including phenoxy) is 2. The third-order valence-corrected chi connectivity index (χ3v) is 6.95. The molecule has 0 atom stereocenters. The van der Waals surface area contributed by atoms with E-state index in [1.165, 1.54) is 43.5 Å². The Balaban J connectivity index is 0.000000192. The molecule has 0 saturated carbocycles. The van der Waals surface area contributed by atoms with Gasteiger partial charge in [-0.1, -0.05) is 12.1 Å². The molecule has 0 amide bonds. The Morgan fingerprint density at radius 2 is 1.35 bits per heavy atom. The molecule has 0 fully saturated rings. The van der Waals surface area contributed by atoms with Crippen LogP contribution in [-0.4, -0.2) is 45.8 Å². The predicted molar refractivity (Wildman–Crippen MR) is 127 cm³/mol. The van der Waals surface area contributed by atoms with Gasteiger partial charge < -0.3 is 19.7 Å². The third-order valence-electron chi connectivity index (χ3n) is 4.79. The molecule has 0 aliphatic heterocycles. The van der Waals surface area contributed by atoms with Crippen LogP contribution in [-0.2, 0) is 19.2 Å². The van der Waals surface area contributed by atoms with Gasteiger partial charge in [0.05, 0.1) is 24.0 Å². The number of aromatic hydroxyl groups is 2. The molecule has 180 valence electrons. The van der Waals surface area contributed by atoms with Gasteiger partial charge in [-0.2, -0.15) is 8.42 Å². The van der Waals surface area contributed by atoms with Crippen LogP contribution in [0.1, 0.15) is 0 Å². The molecule has 0 aromatic heterocycles. The topological polar surface area (TPSA) is 147 Å². The van der Waals surface area contributed by atoms with Crippen LogP contribution >= 0.6 is 10.7 Å². The first-order valence-corrected chi connectivity index (χ1v) is 13.1. The first kappa shape index (κ1) is 25.4. The van der Waals surface area contributed by atoms with Gasteiger partial charge >= 0.3 is 0 Å². The molecule has 0 aliphatic carbocycles. The Kier molecular flexibility index (Phi) is 7.13. The summed E-state index contributed by atoms with van der Waals surface area (Å²) in [5.41, 5.74) is 0. The zero-order valence-electron chi connectivity index (χ0n) is 17.8. The number of methoxy groups -OCH3 is 2. The van der Waals surface area contributed by atoms with Gasteiger partial charge in [0, 0.05) is 33.6 Å². The second-order valence-electron chi connectivity index (χ2n) is 6.97. The monoisotopic (exact) mass is 526 g/mol. The van der Waals surface area contributed by atoms with E-state index in [1.54, 1.807) is 25.3 Å². The maximum absolute atomic E-state index is 11.4. The van der Waals surface area contributed by atoms with Crippen molar-refractivity contribution < 1.29 is 41.1 Å². The molecule has 34 heavy (non-hydrogen) atoms. The third kappa shape index (κ3) is 5.62. The number of phenolic OH excluding ortho intramolecular Hbond substituents is 2. The molecule has 0 unspecified atom stereocenters. The SMILES string of the molecule is COc1ccc2cc(S(=O)(=O)Cl)cc(OC)c2c1.O=S(=O)(O)c1cc(O)c2cc(O)ccc2c1. The number of hydrogen-bond donors (Lipinski definition) is 3. The minimum Gasteiger partial charge on any atom is -0.508 e. The lowest BCUT2D eigenvalue weighted by molar-refractivity contribution is 0.412. The number of fused-ring (bicyclic) bond motifs is 2. The van der Waals surface area contributed by atoms with Crippen molar-refractivity contribution in [3.63, 3.8) is 0 Å². The first-order valence-electron chi connectivity index (χ1n) is 9.37. The molecular formula is C22H19ClO9S2. The van der Waals surface area contributed by atoms with Crippen LogP contribution < -0.4 is 9.47 Å². The maximum atomic E-state index is 11.4. The summed E-state index contributed by atoms with van der Waals surface area (Å²) in [5, 5.41) is 21.0. The highest BCUT2D eigenvalue weighted by atomic mass is 35.7. The lowest BCUT2D eigenvalue weighted by Gasteiger charge is -2.09. The molecule has 3 N–H and O–H groups in total. The average Bonchev–Trinajstić information content (AvgIpc) is 2.77. The van der Waals surface area contributed by atoms with Gasteiger partial charge in [0.15, 0.2) is 0 Å². The Morgan fingerprint density at radius 1 is 0.735 bits per heavy atom. The van der Waals surface area contributed by atoms with E-state index in [-0.39, 0.29) is 21.3 Å². The fourth-order valence-electron chi connectivity index (χ4n) is 3.16. The number of benzene rings is 4. The van der Waals surface area contributed by atoms with Crippen molar-refractivity contribution >= 4 is 51.4 Å². The molecular weight excluding hydrogens is 508 g/mol. The lowest BCUT2D eigenvalue weighted by atomic mass is 10.1. The minimum atomic E-state index is -4.35. The lowest BCUT2D eigenvalue weighted by Crippen LogP contribution is -1.97. The van der Waals surface area contributed by atoms with E-state index in [1.807, 2.05) is 0 Å². The number of hydrogen-bond acceptors (Lipinski definition) is 8. The summed E-state index contributed by atoms with van der Waals surface area (Å²) in [6, 6.07) is 14.4. The molecule has 0 spiro atoms. The molecule has 9 nitrogen and oxygen atoms in total. The van der Waals surface area contributed by atoms with Gasteiger partial charge in [-0.05, 0) is 47.2 Å². The fourth-order valence-corrected chi connectivity index (χ4v) is 4.48. The second kappa shape index (κ2) is 9.55. The normalized spacial score (nSPS) is 11.6. The summed E-state index contributed by atoms with van der Waals surface area (Å²) < 4.78 is 63.6. The van der Waals surface area contributed by atoms with Crippen molar-refractivity contribution in [2.75, 3.05) is 14.2 Å². The van der Waals surface area contributed by atoms with E-state index in [2.05, 4.69) is 0 Å². The Morgan fingerprint density at radius 3 is 1.94 bits per heavy atom. The van der Waals surface area contributed by atoms with Crippen LogP contribution in [0.2, 0.25) is 0 Å². The van der Waals surface area contributed by atoms with Crippen molar-refractivity contribution in [3.05, 3.63) is 60.7 Å².